The van der Waals surface area contributed by atoms with E-state index in [1.165, 1.54) is 19.3 Å². The zero-order valence-electron chi connectivity index (χ0n) is 16.1. The molecule has 7 heteroatoms. The third-order valence-corrected chi connectivity index (χ3v) is 5.49. The highest BCUT2D eigenvalue weighted by Crippen LogP contribution is 2.27. The van der Waals surface area contributed by atoms with Crippen molar-refractivity contribution in [2.45, 2.75) is 44.4 Å². The summed E-state index contributed by atoms with van der Waals surface area (Å²) in [7, 11) is 0. The maximum atomic E-state index is 13.1. The number of carbonyl (C=O) groups is 2. The second-order valence-corrected chi connectivity index (χ2v) is 7.80. The highest BCUT2D eigenvalue weighted by Gasteiger charge is 2.28. The first kappa shape index (κ1) is 20.4. The molecule has 1 aliphatic rings. The van der Waals surface area contributed by atoms with Gasteiger partial charge in [0.25, 0.3) is 0 Å². The summed E-state index contributed by atoms with van der Waals surface area (Å²) in [6.45, 7) is 2.23. The van der Waals surface area contributed by atoms with Gasteiger partial charge in [-0.25, -0.2) is 0 Å². The predicted octanol–water partition coefficient (Wildman–Crippen LogP) is 4.31. The van der Waals surface area contributed by atoms with E-state index >= 15 is 0 Å². The first-order valence-electron chi connectivity index (χ1n) is 9.74. The Morgan fingerprint density at radius 1 is 1.25 bits per heavy atom. The number of halogens is 1. The average molecular weight is 404 g/mol. The molecule has 28 heavy (non-hydrogen) atoms. The maximum absolute atomic E-state index is 13.1. The number of amides is 2. The van der Waals surface area contributed by atoms with Gasteiger partial charge in [-0.05, 0) is 31.2 Å². The summed E-state index contributed by atoms with van der Waals surface area (Å²) in [6.07, 6.45) is 5.72. The number of nitrogens with zero attached hydrogens (tertiary/aromatic N) is 2. The fourth-order valence-electron chi connectivity index (χ4n) is 3.62. The summed E-state index contributed by atoms with van der Waals surface area (Å²) in [5.74, 6) is 0.798. The molecule has 1 aromatic heterocycles. The Balaban J connectivity index is 1.69. The standard InChI is InChI=1S/C21H26ClN3O3/c1-15-12-18(24-28-15)23-19(26)14-25(13-16-8-4-2-5-9-16)21(27)20(22)17-10-6-3-7-11-17/h3,6-7,10-12,16,20H,2,4-5,8-9,13-14H2,1H3,(H,23,24,26). The van der Waals surface area contributed by atoms with Crippen molar-refractivity contribution < 1.29 is 14.1 Å². The number of hydrogen-bond acceptors (Lipinski definition) is 4. The van der Waals surface area contributed by atoms with Crippen molar-refractivity contribution in [1.82, 2.24) is 10.1 Å². The topological polar surface area (TPSA) is 75.4 Å². The van der Waals surface area contributed by atoms with Crippen LogP contribution in [0, 0.1) is 12.8 Å². The quantitative estimate of drug-likeness (QED) is 0.699. The number of rotatable bonds is 7. The summed E-state index contributed by atoms with van der Waals surface area (Å²) >= 11 is 6.47. The normalized spacial score (nSPS) is 15.8. The summed E-state index contributed by atoms with van der Waals surface area (Å²) in [5.41, 5.74) is 0.732. The maximum Gasteiger partial charge on any atom is 0.245 e. The van der Waals surface area contributed by atoms with E-state index in [0.29, 0.717) is 24.0 Å². The first-order chi connectivity index (χ1) is 13.5. The molecule has 1 heterocycles. The van der Waals surface area contributed by atoms with Gasteiger partial charge in [-0.15, -0.1) is 11.6 Å². The number of aryl methyl sites for hydroxylation is 1. The Bertz CT molecular complexity index is 787. The van der Waals surface area contributed by atoms with Crippen LogP contribution in [0.5, 0.6) is 0 Å². The molecule has 1 aliphatic carbocycles. The number of alkyl halides is 1. The fourth-order valence-corrected chi connectivity index (χ4v) is 3.90. The molecule has 6 nitrogen and oxygen atoms in total. The summed E-state index contributed by atoms with van der Waals surface area (Å²) < 4.78 is 4.97. The Morgan fingerprint density at radius 2 is 1.96 bits per heavy atom. The number of nitrogens with one attached hydrogen (secondary N) is 1. The molecule has 1 aromatic carbocycles. The Kier molecular flexibility index (Phi) is 7.09. The number of carbonyl (C=O) groups excluding carboxylic acids is 2. The lowest BCUT2D eigenvalue weighted by atomic mass is 9.89. The molecule has 2 aromatic rings. The number of hydrogen-bond donors (Lipinski definition) is 1. The Hall–Kier alpha value is -2.34. The molecule has 0 spiro atoms. The van der Waals surface area contributed by atoms with Crippen LogP contribution in [0.2, 0.25) is 0 Å². The minimum atomic E-state index is -0.813. The van der Waals surface area contributed by atoms with Crippen molar-refractivity contribution in [2.24, 2.45) is 5.92 Å². The zero-order chi connectivity index (χ0) is 19.9. The van der Waals surface area contributed by atoms with Gasteiger partial charge in [0.15, 0.2) is 5.82 Å². The summed E-state index contributed by atoms with van der Waals surface area (Å²) in [6, 6.07) is 10.9. The highest BCUT2D eigenvalue weighted by atomic mass is 35.5. The molecule has 1 saturated carbocycles. The number of anilines is 1. The van der Waals surface area contributed by atoms with Crippen LogP contribution in [0.4, 0.5) is 5.82 Å². The van der Waals surface area contributed by atoms with E-state index in [0.717, 1.165) is 18.4 Å². The largest absolute Gasteiger partial charge is 0.360 e. The van der Waals surface area contributed by atoms with Gasteiger partial charge >= 0.3 is 0 Å². The van der Waals surface area contributed by atoms with E-state index in [1.807, 2.05) is 30.3 Å². The molecular formula is C21H26ClN3O3. The molecule has 0 bridgehead atoms. The molecule has 1 atom stereocenters. The number of benzene rings is 1. The van der Waals surface area contributed by atoms with Gasteiger partial charge in [0, 0.05) is 12.6 Å². The van der Waals surface area contributed by atoms with Gasteiger partial charge < -0.3 is 14.7 Å². The van der Waals surface area contributed by atoms with Crippen LogP contribution in [0.25, 0.3) is 0 Å². The number of aromatic nitrogens is 1. The summed E-state index contributed by atoms with van der Waals surface area (Å²) in [5, 5.41) is 5.64. The van der Waals surface area contributed by atoms with E-state index in [9.17, 15) is 9.59 Å². The molecule has 2 amide bonds. The van der Waals surface area contributed by atoms with Gasteiger partial charge in [-0.1, -0.05) is 54.8 Å². The molecule has 1 N–H and O–H groups in total. The van der Waals surface area contributed by atoms with Gasteiger partial charge in [0.1, 0.15) is 11.1 Å². The van der Waals surface area contributed by atoms with Crippen LogP contribution in [-0.4, -0.2) is 35.0 Å². The molecule has 3 rings (SSSR count). The van der Waals surface area contributed by atoms with Crippen molar-refractivity contribution in [3.8, 4) is 0 Å². The van der Waals surface area contributed by atoms with Crippen molar-refractivity contribution >= 4 is 29.2 Å². The van der Waals surface area contributed by atoms with Crippen molar-refractivity contribution in [3.05, 3.63) is 47.7 Å². The molecule has 0 aliphatic heterocycles. The van der Waals surface area contributed by atoms with E-state index < -0.39 is 5.38 Å². The van der Waals surface area contributed by atoms with Crippen LogP contribution < -0.4 is 5.32 Å². The fraction of sp³-hybridized carbons (Fsp3) is 0.476. The van der Waals surface area contributed by atoms with E-state index in [1.54, 1.807) is 17.9 Å². The zero-order valence-corrected chi connectivity index (χ0v) is 16.8. The third-order valence-electron chi connectivity index (χ3n) is 5.05. The monoisotopic (exact) mass is 403 g/mol. The smallest absolute Gasteiger partial charge is 0.245 e. The van der Waals surface area contributed by atoms with Crippen molar-refractivity contribution in [1.29, 1.82) is 0 Å². The molecule has 1 unspecified atom stereocenters. The molecule has 0 radical (unpaired) electrons. The van der Waals surface area contributed by atoms with Gasteiger partial charge in [0.05, 0.1) is 6.54 Å². The average Bonchev–Trinajstić information content (AvgIpc) is 3.12. The Labute approximate surface area is 170 Å². The second-order valence-electron chi connectivity index (χ2n) is 7.37. The lowest BCUT2D eigenvalue weighted by Gasteiger charge is -2.30. The van der Waals surface area contributed by atoms with Gasteiger partial charge in [0.2, 0.25) is 11.8 Å². The lowest BCUT2D eigenvalue weighted by Crippen LogP contribution is -2.42. The first-order valence-corrected chi connectivity index (χ1v) is 10.2. The highest BCUT2D eigenvalue weighted by molar-refractivity contribution is 6.30. The van der Waals surface area contributed by atoms with Crippen molar-refractivity contribution in [3.63, 3.8) is 0 Å². The van der Waals surface area contributed by atoms with Crippen LogP contribution in [0.15, 0.2) is 40.9 Å². The minimum Gasteiger partial charge on any atom is -0.360 e. The van der Waals surface area contributed by atoms with E-state index in [-0.39, 0.29) is 18.4 Å². The van der Waals surface area contributed by atoms with E-state index in [2.05, 4.69) is 10.5 Å². The second kappa shape index (κ2) is 9.73. The SMILES string of the molecule is Cc1cc(NC(=O)CN(CC2CCCCC2)C(=O)C(Cl)c2ccccc2)no1. The van der Waals surface area contributed by atoms with Gasteiger partial charge in [-0.3, -0.25) is 9.59 Å². The predicted molar refractivity (Wildman–Crippen MR) is 108 cm³/mol. The van der Waals surface area contributed by atoms with Crippen LogP contribution in [0.3, 0.4) is 0 Å². The minimum absolute atomic E-state index is 0.0582. The van der Waals surface area contributed by atoms with Gasteiger partial charge in [-0.2, -0.15) is 0 Å². The lowest BCUT2D eigenvalue weighted by molar-refractivity contribution is -0.135. The third kappa shape index (κ3) is 5.58. The molecule has 0 saturated heterocycles. The van der Waals surface area contributed by atoms with E-state index in [4.69, 9.17) is 16.1 Å². The Morgan fingerprint density at radius 3 is 2.61 bits per heavy atom. The van der Waals surface area contributed by atoms with Crippen LogP contribution >= 0.6 is 11.6 Å². The molecule has 1 fully saturated rings. The van der Waals surface area contributed by atoms with Crippen LogP contribution in [0.1, 0.15) is 48.8 Å². The van der Waals surface area contributed by atoms with Crippen molar-refractivity contribution in [2.75, 3.05) is 18.4 Å². The molecular weight excluding hydrogens is 378 g/mol. The molecule has 150 valence electrons. The summed E-state index contributed by atoms with van der Waals surface area (Å²) in [4.78, 5) is 27.2. The van der Waals surface area contributed by atoms with Crippen LogP contribution in [-0.2, 0) is 9.59 Å².